The third-order valence-corrected chi connectivity index (χ3v) is 7.99. The van der Waals surface area contributed by atoms with Gasteiger partial charge in [0.25, 0.3) is 5.91 Å². The highest BCUT2D eigenvalue weighted by molar-refractivity contribution is 8.28. The molecule has 1 unspecified atom stereocenters. The van der Waals surface area contributed by atoms with Gasteiger partial charge in [0.2, 0.25) is 0 Å². The minimum atomic E-state index is -5.51. The second kappa shape index (κ2) is 10.2. The van der Waals surface area contributed by atoms with Crippen LogP contribution in [0, 0.1) is 0 Å². The van der Waals surface area contributed by atoms with Crippen LogP contribution in [0.4, 0.5) is 32.0 Å². The van der Waals surface area contributed by atoms with Crippen LogP contribution in [0.25, 0.3) is 0 Å². The Labute approximate surface area is 199 Å². The van der Waals surface area contributed by atoms with Gasteiger partial charge in [0.1, 0.15) is 0 Å². The van der Waals surface area contributed by atoms with Gasteiger partial charge < -0.3 is 5.32 Å². The number of thiol groups is 1. The van der Waals surface area contributed by atoms with Crippen molar-refractivity contribution in [3.8, 4) is 0 Å². The minimum absolute atomic E-state index is 0.209. The summed E-state index contributed by atoms with van der Waals surface area (Å²) in [6.45, 7) is -1.42. The number of carbonyl (C=O) groups is 1. The lowest BCUT2D eigenvalue weighted by molar-refractivity contribution is -0.212. The van der Waals surface area contributed by atoms with Crippen molar-refractivity contribution < 1.29 is 44.1 Å². The standard InChI is InChI=1S/C20H19F6N3O4S2/c21-19(22,23)14-7-5-13(6-8-14)11-34-12-28-16-4-1-3-15(17(16)34)18(30)27-9-2-10-29(20(24,25)26)35(31,32)33/h1,3-8,12,34H,2,9-11H2,(H,27,30)(H,31,32,33). The van der Waals surface area contributed by atoms with Gasteiger partial charge in [-0.1, -0.05) is 22.5 Å². The molecular formula is C20H19F6N3O4S2. The maximum atomic E-state index is 12.8. The molecular weight excluding hydrogens is 524 g/mol. The molecule has 0 bridgehead atoms. The van der Waals surface area contributed by atoms with E-state index in [9.17, 15) is 39.6 Å². The third kappa shape index (κ3) is 6.74. The van der Waals surface area contributed by atoms with Crippen LogP contribution < -0.4 is 5.32 Å². The summed E-state index contributed by atoms with van der Waals surface area (Å²) in [6, 6.07) is 9.34. The maximum absolute atomic E-state index is 12.8. The Balaban J connectivity index is 1.67. The molecule has 15 heteroatoms. The number of amides is 1. The first kappa shape index (κ1) is 27.0. The summed E-state index contributed by atoms with van der Waals surface area (Å²) < 4.78 is 106. The van der Waals surface area contributed by atoms with Crippen LogP contribution in [-0.4, -0.2) is 48.1 Å². The second-order valence-electron chi connectivity index (χ2n) is 7.37. The molecule has 0 aromatic heterocycles. The topological polar surface area (TPSA) is 99.1 Å². The molecule has 2 N–H and O–H groups in total. The third-order valence-electron chi connectivity index (χ3n) is 4.90. The van der Waals surface area contributed by atoms with Crippen LogP contribution in [-0.2, 0) is 22.2 Å². The quantitative estimate of drug-likeness (QED) is 0.148. The smallest absolute Gasteiger partial charge is 0.352 e. The highest BCUT2D eigenvalue weighted by Crippen LogP contribution is 2.50. The lowest BCUT2D eigenvalue weighted by atomic mass is 10.1. The molecule has 192 valence electrons. The molecule has 2 aromatic rings. The highest BCUT2D eigenvalue weighted by atomic mass is 32.2. The zero-order valence-electron chi connectivity index (χ0n) is 17.6. The van der Waals surface area contributed by atoms with Gasteiger partial charge in [-0.2, -0.15) is 45.7 Å². The van der Waals surface area contributed by atoms with E-state index in [-0.39, 0.29) is 12.1 Å². The fraction of sp³-hybridized carbons (Fsp3) is 0.300. The van der Waals surface area contributed by atoms with Crippen LogP contribution in [0.15, 0.2) is 52.4 Å². The summed E-state index contributed by atoms with van der Waals surface area (Å²) in [5, 5.41) is 2.42. The number of rotatable bonds is 8. The molecule has 0 spiro atoms. The van der Waals surface area contributed by atoms with Crippen molar-refractivity contribution in [1.82, 2.24) is 9.62 Å². The number of alkyl halides is 6. The lowest BCUT2D eigenvalue weighted by Crippen LogP contribution is -2.43. The fourth-order valence-electron chi connectivity index (χ4n) is 3.32. The largest absolute Gasteiger partial charge is 0.475 e. The summed E-state index contributed by atoms with van der Waals surface area (Å²) in [7, 11) is -6.70. The Bertz CT molecular complexity index is 1210. The van der Waals surface area contributed by atoms with E-state index >= 15 is 0 Å². The van der Waals surface area contributed by atoms with Crippen molar-refractivity contribution >= 4 is 38.3 Å². The summed E-state index contributed by atoms with van der Waals surface area (Å²) in [5.41, 5.74) is 2.16. The van der Waals surface area contributed by atoms with E-state index in [0.29, 0.717) is 21.9 Å². The van der Waals surface area contributed by atoms with E-state index in [0.717, 1.165) is 12.1 Å². The van der Waals surface area contributed by atoms with Crippen molar-refractivity contribution in [3.63, 3.8) is 0 Å². The molecule has 0 radical (unpaired) electrons. The Morgan fingerprint density at radius 3 is 2.29 bits per heavy atom. The van der Waals surface area contributed by atoms with Gasteiger partial charge in [0.05, 0.1) is 16.8 Å². The second-order valence-corrected chi connectivity index (χ2v) is 10.6. The lowest BCUT2D eigenvalue weighted by Gasteiger charge is -2.21. The van der Waals surface area contributed by atoms with E-state index in [4.69, 9.17) is 4.55 Å². The number of fused-ring (bicyclic) bond motifs is 1. The molecule has 7 nitrogen and oxygen atoms in total. The molecule has 1 atom stereocenters. The number of nitrogens with zero attached hydrogens (tertiary/aromatic N) is 2. The van der Waals surface area contributed by atoms with Crippen LogP contribution in [0.5, 0.6) is 0 Å². The van der Waals surface area contributed by atoms with Crippen LogP contribution in [0.3, 0.4) is 0 Å². The maximum Gasteiger partial charge on any atom is 0.475 e. The van der Waals surface area contributed by atoms with Crippen LogP contribution in [0.1, 0.15) is 27.9 Å². The minimum Gasteiger partial charge on any atom is -0.352 e. The van der Waals surface area contributed by atoms with E-state index in [1.807, 2.05) is 0 Å². The molecule has 2 aromatic carbocycles. The van der Waals surface area contributed by atoms with Gasteiger partial charge in [-0.3, -0.25) is 14.3 Å². The van der Waals surface area contributed by atoms with Gasteiger partial charge in [-0.05, 0) is 36.2 Å². The summed E-state index contributed by atoms with van der Waals surface area (Å²) in [5.74, 6) is -0.305. The summed E-state index contributed by atoms with van der Waals surface area (Å²) in [6.07, 6.45) is -10.2. The average molecular weight is 544 g/mol. The number of nitrogens with one attached hydrogen (secondary N) is 1. The zero-order chi connectivity index (χ0) is 26.0. The Morgan fingerprint density at radius 2 is 1.71 bits per heavy atom. The molecule has 3 rings (SSSR count). The number of halogens is 6. The van der Waals surface area contributed by atoms with Crippen LogP contribution >= 0.6 is 10.9 Å². The molecule has 1 heterocycles. The monoisotopic (exact) mass is 543 g/mol. The molecule has 0 aliphatic carbocycles. The normalized spacial score (nSPS) is 17.0. The van der Waals surface area contributed by atoms with Gasteiger partial charge in [-0.15, -0.1) is 0 Å². The van der Waals surface area contributed by atoms with Gasteiger partial charge in [-0.25, -0.2) is 0 Å². The molecule has 0 saturated carbocycles. The van der Waals surface area contributed by atoms with Crippen molar-refractivity contribution in [1.29, 1.82) is 0 Å². The molecule has 1 aliphatic heterocycles. The van der Waals surface area contributed by atoms with Gasteiger partial charge in [0, 0.05) is 29.3 Å². The van der Waals surface area contributed by atoms with E-state index < -0.39 is 62.4 Å². The molecule has 1 aliphatic rings. The number of hydrogen-bond acceptors (Lipinski definition) is 4. The zero-order valence-corrected chi connectivity index (χ0v) is 19.3. The first-order chi connectivity index (χ1) is 16.2. The van der Waals surface area contributed by atoms with Crippen molar-refractivity contribution in [2.75, 3.05) is 13.1 Å². The van der Waals surface area contributed by atoms with Crippen LogP contribution in [0.2, 0.25) is 0 Å². The van der Waals surface area contributed by atoms with Crippen molar-refractivity contribution in [3.05, 3.63) is 59.2 Å². The van der Waals surface area contributed by atoms with E-state index in [1.54, 1.807) is 17.7 Å². The summed E-state index contributed by atoms with van der Waals surface area (Å²) >= 11 is 0. The predicted octanol–water partition coefficient (Wildman–Crippen LogP) is 4.68. The Kier molecular flexibility index (Phi) is 7.83. The van der Waals surface area contributed by atoms with Crippen molar-refractivity contribution in [2.24, 2.45) is 4.99 Å². The number of benzene rings is 2. The van der Waals surface area contributed by atoms with Gasteiger partial charge in [0.15, 0.2) is 0 Å². The summed E-state index contributed by atoms with van der Waals surface area (Å²) in [4.78, 5) is 17.6. The molecule has 1 amide bonds. The first-order valence-electron chi connectivity index (χ1n) is 9.88. The number of hydrogen-bond donors (Lipinski definition) is 3. The Morgan fingerprint density at radius 1 is 1.06 bits per heavy atom. The molecule has 35 heavy (non-hydrogen) atoms. The highest BCUT2D eigenvalue weighted by Gasteiger charge is 2.44. The predicted molar refractivity (Wildman–Crippen MR) is 118 cm³/mol. The SMILES string of the molecule is O=C(NCCCN(C(F)(F)F)S(=O)(=O)O)c1cccc2c1[SH](Cc1ccc(C(F)(F)F)cc1)C=N2. The fourth-order valence-corrected chi connectivity index (χ4v) is 6.08. The number of aliphatic imine (C=N–C) groups is 1. The molecule has 0 saturated heterocycles. The molecule has 0 fully saturated rings. The Hall–Kier alpha value is -2.62. The van der Waals surface area contributed by atoms with Gasteiger partial charge >= 0.3 is 22.8 Å². The number of carbonyl (C=O) groups excluding carboxylic acids is 1. The first-order valence-corrected chi connectivity index (χ1v) is 12.9. The van der Waals surface area contributed by atoms with E-state index in [2.05, 4.69) is 10.3 Å². The van der Waals surface area contributed by atoms with E-state index in [1.165, 1.54) is 18.2 Å². The average Bonchev–Trinajstić information content (AvgIpc) is 3.14. The van der Waals surface area contributed by atoms with Crippen molar-refractivity contribution in [2.45, 2.75) is 29.5 Å².